The maximum absolute atomic E-state index is 10.9. The summed E-state index contributed by atoms with van der Waals surface area (Å²) in [5.41, 5.74) is 6.39. The highest BCUT2D eigenvalue weighted by Gasteiger charge is 2.04. The van der Waals surface area contributed by atoms with Crippen molar-refractivity contribution in [2.75, 3.05) is 24.3 Å². The Morgan fingerprint density at radius 2 is 2.00 bits per heavy atom. The van der Waals surface area contributed by atoms with Gasteiger partial charge >= 0.3 is 0 Å². The summed E-state index contributed by atoms with van der Waals surface area (Å²) in [6.45, 7) is 0.573. The first kappa shape index (κ1) is 13.4. The zero-order valence-corrected chi connectivity index (χ0v) is 10.7. The molecule has 0 bridgehead atoms. The van der Waals surface area contributed by atoms with Crippen LogP contribution in [0.15, 0.2) is 17.6 Å². The average molecular weight is 261 g/mol. The van der Waals surface area contributed by atoms with Crippen LogP contribution < -0.4 is 5.73 Å². The van der Waals surface area contributed by atoms with Crippen LogP contribution in [0.5, 0.6) is 0 Å². The van der Waals surface area contributed by atoms with Crippen LogP contribution in [0.2, 0.25) is 0 Å². The minimum absolute atomic E-state index is 0.144. The molecule has 90 valence electrons. The first-order valence-electron chi connectivity index (χ1n) is 4.83. The lowest BCUT2D eigenvalue weighted by Gasteiger charge is -2.00. The fraction of sp³-hybridized carbons (Fsp3) is 0.556. The van der Waals surface area contributed by atoms with E-state index in [1.807, 2.05) is 0 Å². The van der Waals surface area contributed by atoms with Crippen molar-refractivity contribution >= 4 is 21.6 Å². The Morgan fingerprint density at radius 1 is 1.38 bits per heavy atom. The van der Waals surface area contributed by atoms with Crippen LogP contribution in [0.1, 0.15) is 5.56 Å². The molecule has 0 spiro atoms. The van der Waals surface area contributed by atoms with Crippen molar-refractivity contribution < 1.29 is 8.42 Å². The molecule has 0 atom stereocenters. The number of hydrogen-bond donors (Lipinski definition) is 1. The molecule has 0 aliphatic carbocycles. The zero-order chi connectivity index (χ0) is 12.0. The predicted octanol–water partition coefficient (Wildman–Crippen LogP) is 0.115. The molecule has 1 aromatic heterocycles. The molecule has 0 radical (unpaired) electrons. The molecule has 1 rings (SSSR count). The lowest BCUT2D eigenvalue weighted by Crippen LogP contribution is -2.06. The van der Waals surface area contributed by atoms with Crippen LogP contribution in [0.4, 0.5) is 0 Å². The highest BCUT2D eigenvalue weighted by atomic mass is 32.2. The number of thioether (sulfide) groups is 1. The van der Waals surface area contributed by atoms with E-state index in [1.54, 1.807) is 12.4 Å². The molecule has 1 heterocycles. The van der Waals surface area contributed by atoms with Gasteiger partial charge in [-0.05, 0) is 18.5 Å². The van der Waals surface area contributed by atoms with Gasteiger partial charge < -0.3 is 5.73 Å². The standard InChI is InChI=1S/C9H15N3O2S2/c1-16(13,14)5-4-15-9-11-6-8(2-3-10)7-12-9/h6-7H,2-5,10H2,1H3. The summed E-state index contributed by atoms with van der Waals surface area (Å²) in [4.78, 5) is 8.24. The van der Waals surface area contributed by atoms with Gasteiger partial charge in [-0.2, -0.15) is 0 Å². The van der Waals surface area contributed by atoms with E-state index in [4.69, 9.17) is 5.73 Å². The summed E-state index contributed by atoms with van der Waals surface area (Å²) in [5, 5.41) is 0.601. The van der Waals surface area contributed by atoms with Crippen LogP contribution in [0.25, 0.3) is 0 Å². The molecular formula is C9H15N3O2S2. The number of nitrogens with two attached hydrogens (primary N) is 1. The molecular weight excluding hydrogens is 246 g/mol. The van der Waals surface area contributed by atoms with E-state index in [0.717, 1.165) is 12.0 Å². The predicted molar refractivity (Wildman–Crippen MR) is 65.2 cm³/mol. The lowest BCUT2D eigenvalue weighted by molar-refractivity contribution is 0.603. The van der Waals surface area contributed by atoms with Crippen molar-refractivity contribution in [3.63, 3.8) is 0 Å². The maximum atomic E-state index is 10.9. The second kappa shape index (κ2) is 6.17. The third-order valence-electron chi connectivity index (χ3n) is 1.80. The molecule has 0 aliphatic rings. The second-order valence-corrected chi connectivity index (χ2v) is 6.71. The molecule has 5 nitrogen and oxygen atoms in total. The highest BCUT2D eigenvalue weighted by molar-refractivity contribution is 8.00. The monoisotopic (exact) mass is 261 g/mol. The molecule has 2 N–H and O–H groups in total. The van der Waals surface area contributed by atoms with Crippen molar-refractivity contribution in [3.8, 4) is 0 Å². The Kier molecular flexibility index (Phi) is 5.17. The van der Waals surface area contributed by atoms with E-state index in [-0.39, 0.29) is 5.75 Å². The van der Waals surface area contributed by atoms with Crippen LogP contribution in [0, 0.1) is 0 Å². The summed E-state index contributed by atoms with van der Waals surface area (Å²) in [6, 6.07) is 0. The molecule has 0 saturated heterocycles. The SMILES string of the molecule is CS(=O)(=O)CCSc1ncc(CCN)cn1. The van der Waals surface area contributed by atoms with Crippen LogP contribution >= 0.6 is 11.8 Å². The molecule has 7 heteroatoms. The molecule has 1 aromatic rings. The molecule has 0 unspecified atom stereocenters. The van der Waals surface area contributed by atoms with Gasteiger partial charge in [0.05, 0.1) is 5.75 Å². The van der Waals surface area contributed by atoms with Crippen molar-refractivity contribution in [3.05, 3.63) is 18.0 Å². The van der Waals surface area contributed by atoms with E-state index in [9.17, 15) is 8.42 Å². The second-order valence-electron chi connectivity index (χ2n) is 3.39. The van der Waals surface area contributed by atoms with Gasteiger partial charge in [-0.1, -0.05) is 11.8 Å². The summed E-state index contributed by atoms with van der Waals surface area (Å²) in [6.07, 6.45) is 5.43. The van der Waals surface area contributed by atoms with Crippen molar-refractivity contribution in [2.24, 2.45) is 5.73 Å². The molecule has 0 aliphatic heterocycles. The molecule has 16 heavy (non-hydrogen) atoms. The number of aromatic nitrogens is 2. The summed E-state index contributed by atoms with van der Waals surface area (Å²) in [7, 11) is -2.90. The van der Waals surface area contributed by atoms with Crippen molar-refractivity contribution in [1.82, 2.24) is 9.97 Å². The Labute approximate surface area is 99.8 Å². The fourth-order valence-electron chi connectivity index (χ4n) is 0.998. The summed E-state index contributed by atoms with van der Waals surface area (Å²) in [5.74, 6) is 0.626. The first-order chi connectivity index (χ1) is 7.51. The van der Waals surface area contributed by atoms with Crippen molar-refractivity contribution in [2.45, 2.75) is 11.6 Å². The van der Waals surface area contributed by atoms with Crippen LogP contribution in [-0.4, -0.2) is 42.7 Å². The summed E-state index contributed by atoms with van der Waals surface area (Å²) >= 11 is 1.34. The number of hydrogen-bond acceptors (Lipinski definition) is 6. The van der Waals surface area contributed by atoms with Gasteiger partial charge in [0.1, 0.15) is 9.84 Å². The Bertz CT molecular complexity index is 417. The van der Waals surface area contributed by atoms with E-state index >= 15 is 0 Å². The number of sulfone groups is 1. The van der Waals surface area contributed by atoms with Crippen molar-refractivity contribution in [1.29, 1.82) is 0 Å². The molecule has 0 saturated carbocycles. The fourth-order valence-corrected chi connectivity index (χ4v) is 2.98. The Balaban J connectivity index is 2.43. The van der Waals surface area contributed by atoms with Gasteiger partial charge in [0.25, 0.3) is 0 Å². The minimum atomic E-state index is -2.90. The van der Waals surface area contributed by atoms with Gasteiger partial charge in [0, 0.05) is 24.4 Å². The molecule has 0 aromatic carbocycles. The zero-order valence-electron chi connectivity index (χ0n) is 9.09. The third-order valence-corrected chi connectivity index (χ3v) is 3.88. The smallest absolute Gasteiger partial charge is 0.187 e. The Morgan fingerprint density at radius 3 is 2.50 bits per heavy atom. The van der Waals surface area contributed by atoms with Crippen LogP contribution in [0.3, 0.4) is 0 Å². The van der Waals surface area contributed by atoms with Gasteiger partial charge in [-0.15, -0.1) is 0 Å². The van der Waals surface area contributed by atoms with E-state index in [1.165, 1.54) is 18.0 Å². The van der Waals surface area contributed by atoms with Gasteiger partial charge in [-0.25, -0.2) is 18.4 Å². The van der Waals surface area contributed by atoms with E-state index in [0.29, 0.717) is 17.5 Å². The number of rotatable bonds is 6. The highest BCUT2D eigenvalue weighted by Crippen LogP contribution is 2.12. The largest absolute Gasteiger partial charge is 0.330 e. The first-order valence-corrected chi connectivity index (χ1v) is 7.87. The third kappa shape index (κ3) is 5.43. The normalized spacial score (nSPS) is 11.6. The molecule has 0 amide bonds. The quantitative estimate of drug-likeness (QED) is 0.578. The number of nitrogens with zero attached hydrogens (tertiary/aromatic N) is 2. The lowest BCUT2D eigenvalue weighted by atomic mass is 10.2. The van der Waals surface area contributed by atoms with Gasteiger partial charge in [-0.3, -0.25) is 0 Å². The minimum Gasteiger partial charge on any atom is -0.330 e. The van der Waals surface area contributed by atoms with Gasteiger partial charge in [0.2, 0.25) is 0 Å². The average Bonchev–Trinajstić information content (AvgIpc) is 2.19. The van der Waals surface area contributed by atoms with E-state index < -0.39 is 9.84 Å². The summed E-state index contributed by atoms with van der Waals surface area (Å²) < 4.78 is 21.8. The van der Waals surface area contributed by atoms with E-state index in [2.05, 4.69) is 9.97 Å². The van der Waals surface area contributed by atoms with Crippen LogP contribution in [-0.2, 0) is 16.3 Å². The maximum Gasteiger partial charge on any atom is 0.187 e. The Hall–Kier alpha value is -0.660. The topological polar surface area (TPSA) is 85.9 Å². The van der Waals surface area contributed by atoms with Gasteiger partial charge in [0.15, 0.2) is 5.16 Å². The molecule has 0 fully saturated rings.